The summed E-state index contributed by atoms with van der Waals surface area (Å²) in [5.74, 6) is -0.453. The van der Waals surface area contributed by atoms with Gasteiger partial charge in [-0.25, -0.2) is 4.39 Å². The number of rotatable bonds is 1. The van der Waals surface area contributed by atoms with Gasteiger partial charge in [0.25, 0.3) is 5.91 Å². The Morgan fingerprint density at radius 3 is 3.10 bits per heavy atom. The van der Waals surface area contributed by atoms with Gasteiger partial charge < -0.3 is 9.64 Å². The van der Waals surface area contributed by atoms with Crippen molar-refractivity contribution < 1.29 is 13.9 Å². The molecule has 1 N–H and O–H groups in total. The van der Waals surface area contributed by atoms with Crippen LogP contribution in [0, 0.1) is 0 Å². The van der Waals surface area contributed by atoms with Crippen molar-refractivity contribution in [3.8, 4) is 0 Å². The fourth-order valence-electron chi connectivity index (χ4n) is 2.88. The maximum atomic E-state index is 13.3. The highest BCUT2D eigenvalue weighted by molar-refractivity contribution is 5.94. The fourth-order valence-corrected chi connectivity index (χ4v) is 2.88. The zero-order chi connectivity index (χ0) is 14.3. The second kappa shape index (κ2) is 5.01. The Morgan fingerprint density at radius 2 is 2.35 bits per heavy atom. The van der Waals surface area contributed by atoms with Crippen molar-refractivity contribution in [1.29, 1.82) is 0 Å². The van der Waals surface area contributed by atoms with Crippen LogP contribution in [-0.4, -0.2) is 40.2 Å². The zero-order valence-electron chi connectivity index (χ0n) is 11.6. The van der Waals surface area contributed by atoms with Crippen molar-refractivity contribution >= 4 is 5.91 Å². The third-order valence-electron chi connectivity index (χ3n) is 3.83. The van der Waals surface area contributed by atoms with Crippen LogP contribution >= 0.6 is 0 Å². The Morgan fingerprint density at radius 1 is 1.55 bits per heavy atom. The molecule has 1 aromatic heterocycles. The molecular formula is C14H18FN3O2. The number of hydrogen-bond donors (Lipinski definition) is 1. The summed E-state index contributed by atoms with van der Waals surface area (Å²) in [6, 6.07) is 0. The number of aromatic amines is 1. The maximum absolute atomic E-state index is 13.3. The monoisotopic (exact) mass is 279 g/mol. The normalized spacial score (nSPS) is 26.1. The number of hydrogen-bond acceptors (Lipinski definition) is 3. The number of carbonyl (C=O) groups excluding carboxylic acids is 1. The van der Waals surface area contributed by atoms with E-state index >= 15 is 0 Å². The first-order chi connectivity index (χ1) is 9.56. The fraction of sp³-hybridized carbons (Fsp3) is 0.571. The molecular weight excluding hydrogens is 261 g/mol. The lowest BCUT2D eigenvalue weighted by atomic mass is 9.99. The van der Waals surface area contributed by atoms with Crippen molar-refractivity contribution in [2.45, 2.75) is 38.9 Å². The molecule has 108 valence electrons. The summed E-state index contributed by atoms with van der Waals surface area (Å²) in [6.45, 7) is 4.49. The summed E-state index contributed by atoms with van der Waals surface area (Å²) in [5.41, 5.74) is 2.19. The molecule has 5 nitrogen and oxygen atoms in total. The van der Waals surface area contributed by atoms with Crippen LogP contribution in [0.2, 0.25) is 0 Å². The van der Waals surface area contributed by atoms with Gasteiger partial charge in [0.1, 0.15) is 5.83 Å². The molecule has 3 heterocycles. The van der Waals surface area contributed by atoms with Crippen LogP contribution in [-0.2, 0) is 11.2 Å². The van der Waals surface area contributed by atoms with E-state index in [2.05, 4.69) is 10.2 Å². The van der Waals surface area contributed by atoms with Gasteiger partial charge in [-0.15, -0.1) is 0 Å². The molecule has 0 saturated heterocycles. The topological polar surface area (TPSA) is 58.2 Å². The molecule has 2 aliphatic heterocycles. The lowest BCUT2D eigenvalue weighted by molar-refractivity contribution is -0.00702. The largest absolute Gasteiger partial charge is 0.369 e. The van der Waals surface area contributed by atoms with Gasteiger partial charge in [0.15, 0.2) is 5.69 Å². The zero-order valence-corrected chi connectivity index (χ0v) is 11.6. The minimum Gasteiger partial charge on any atom is -0.369 e. The van der Waals surface area contributed by atoms with E-state index in [1.807, 2.05) is 13.8 Å². The van der Waals surface area contributed by atoms with E-state index in [0.717, 1.165) is 11.3 Å². The van der Waals surface area contributed by atoms with Crippen molar-refractivity contribution in [3.05, 3.63) is 28.9 Å². The van der Waals surface area contributed by atoms with Crippen LogP contribution in [0.25, 0.3) is 0 Å². The van der Waals surface area contributed by atoms with Crippen LogP contribution in [0.15, 0.2) is 11.9 Å². The average molecular weight is 279 g/mol. The average Bonchev–Trinajstić information content (AvgIpc) is 2.81. The number of nitrogens with zero attached hydrogens (tertiary/aromatic N) is 2. The number of aromatic nitrogens is 2. The molecule has 0 aliphatic carbocycles. The predicted octanol–water partition coefficient (Wildman–Crippen LogP) is 2.13. The lowest BCUT2D eigenvalue weighted by Crippen LogP contribution is -2.36. The van der Waals surface area contributed by atoms with Gasteiger partial charge >= 0.3 is 0 Å². The van der Waals surface area contributed by atoms with E-state index < -0.39 is 0 Å². The maximum Gasteiger partial charge on any atom is 0.275 e. The van der Waals surface area contributed by atoms with Crippen LogP contribution in [0.3, 0.4) is 0 Å². The number of H-pyrrole nitrogens is 1. The highest BCUT2D eigenvalue weighted by Gasteiger charge is 2.31. The molecule has 0 saturated carbocycles. The molecule has 0 unspecified atom stereocenters. The van der Waals surface area contributed by atoms with Crippen molar-refractivity contribution in [1.82, 2.24) is 15.1 Å². The molecule has 6 heteroatoms. The molecule has 0 aromatic carbocycles. The van der Waals surface area contributed by atoms with E-state index in [9.17, 15) is 9.18 Å². The Balaban J connectivity index is 1.88. The Bertz CT molecular complexity index is 567. The highest BCUT2D eigenvalue weighted by Crippen LogP contribution is 2.30. The van der Waals surface area contributed by atoms with Crippen LogP contribution in [0.1, 0.15) is 48.1 Å². The molecule has 1 amide bonds. The molecule has 0 fully saturated rings. The molecule has 2 aliphatic rings. The molecule has 2 atom stereocenters. The third kappa shape index (κ3) is 2.24. The van der Waals surface area contributed by atoms with Gasteiger partial charge in [0.05, 0.1) is 24.4 Å². The van der Waals surface area contributed by atoms with Crippen molar-refractivity contribution in [3.63, 3.8) is 0 Å². The number of amides is 1. The van der Waals surface area contributed by atoms with E-state index in [1.54, 1.807) is 0 Å². The second-order valence-corrected chi connectivity index (χ2v) is 5.42. The van der Waals surface area contributed by atoms with Gasteiger partial charge in [0, 0.05) is 18.5 Å². The van der Waals surface area contributed by atoms with Gasteiger partial charge in [-0.3, -0.25) is 9.89 Å². The van der Waals surface area contributed by atoms with Crippen molar-refractivity contribution in [2.75, 3.05) is 13.1 Å². The van der Waals surface area contributed by atoms with Crippen LogP contribution in [0.5, 0.6) is 0 Å². The number of halogens is 1. The van der Waals surface area contributed by atoms with Gasteiger partial charge in [-0.05, 0) is 26.3 Å². The van der Waals surface area contributed by atoms with E-state index in [0.29, 0.717) is 25.1 Å². The molecule has 0 bridgehead atoms. The third-order valence-corrected chi connectivity index (χ3v) is 3.83. The summed E-state index contributed by atoms with van der Waals surface area (Å²) in [5, 5.41) is 7.04. The highest BCUT2D eigenvalue weighted by atomic mass is 19.1. The predicted molar refractivity (Wildman–Crippen MR) is 71.0 cm³/mol. The standard InChI is InChI=1S/C14H18FN3O2/c1-8-6-11-12(9(2)20-8)16-17-13(11)14(19)18-5-3-4-10(15)7-18/h4,8-9H,3,5-7H2,1-2H3,(H,16,17)/t8-,9+/m1/s1. The first kappa shape index (κ1) is 13.3. The number of nitrogens with one attached hydrogen (secondary N) is 1. The lowest BCUT2D eigenvalue weighted by Gasteiger charge is -2.27. The van der Waals surface area contributed by atoms with Gasteiger partial charge in [-0.1, -0.05) is 0 Å². The Labute approximate surface area is 116 Å². The van der Waals surface area contributed by atoms with E-state index in [4.69, 9.17) is 4.74 Å². The van der Waals surface area contributed by atoms with E-state index in [1.165, 1.54) is 11.0 Å². The van der Waals surface area contributed by atoms with Crippen molar-refractivity contribution in [2.24, 2.45) is 0 Å². The quantitative estimate of drug-likeness (QED) is 0.856. The molecule has 3 rings (SSSR count). The summed E-state index contributed by atoms with van der Waals surface area (Å²) in [4.78, 5) is 14.0. The first-order valence-corrected chi connectivity index (χ1v) is 6.92. The van der Waals surface area contributed by atoms with E-state index in [-0.39, 0.29) is 30.5 Å². The minimum atomic E-state index is -0.251. The second-order valence-electron chi connectivity index (χ2n) is 5.42. The minimum absolute atomic E-state index is 0.0437. The van der Waals surface area contributed by atoms with Crippen LogP contribution in [0.4, 0.5) is 4.39 Å². The SMILES string of the molecule is C[C@@H]1Cc2c(C(=O)N3CCC=C(F)C3)n[nH]c2[C@H](C)O1. The first-order valence-electron chi connectivity index (χ1n) is 6.92. The van der Waals surface area contributed by atoms with Gasteiger partial charge in [-0.2, -0.15) is 5.10 Å². The Hall–Kier alpha value is -1.69. The molecule has 20 heavy (non-hydrogen) atoms. The Kier molecular flexibility index (Phi) is 3.33. The van der Waals surface area contributed by atoms with Gasteiger partial charge in [0.2, 0.25) is 0 Å². The number of carbonyl (C=O) groups is 1. The van der Waals surface area contributed by atoms with Crippen LogP contribution < -0.4 is 0 Å². The molecule has 0 radical (unpaired) electrons. The summed E-state index contributed by atoms with van der Waals surface area (Å²) >= 11 is 0. The molecule has 1 aromatic rings. The smallest absolute Gasteiger partial charge is 0.275 e. The number of ether oxygens (including phenoxy) is 1. The number of fused-ring (bicyclic) bond motifs is 1. The molecule has 0 spiro atoms. The summed E-state index contributed by atoms with van der Waals surface area (Å²) in [7, 11) is 0. The summed E-state index contributed by atoms with van der Waals surface area (Å²) in [6.07, 6.45) is 2.70. The summed E-state index contributed by atoms with van der Waals surface area (Å²) < 4.78 is 19.0.